The molecule has 190 valence electrons. The van der Waals surface area contributed by atoms with Gasteiger partial charge in [-0.15, -0.1) is 5.10 Å². The van der Waals surface area contributed by atoms with E-state index in [0.717, 1.165) is 16.9 Å². The summed E-state index contributed by atoms with van der Waals surface area (Å²) in [5, 5.41) is 14.7. The molecule has 1 atom stereocenters. The molecule has 1 aliphatic heterocycles. The van der Waals surface area contributed by atoms with E-state index in [1.807, 2.05) is 38.1 Å². The van der Waals surface area contributed by atoms with Gasteiger partial charge in [0.05, 0.1) is 18.4 Å². The second-order valence-corrected chi connectivity index (χ2v) is 10.7. The largest absolute Gasteiger partial charge is 0.362 e. The van der Waals surface area contributed by atoms with Gasteiger partial charge in [0.25, 0.3) is 0 Å². The van der Waals surface area contributed by atoms with Crippen LogP contribution in [-0.4, -0.2) is 26.7 Å². The van der Waals surface area contributed by atoms with Crippen molar-refractivity contribution in [1.82, 2.24) is 25.6 Å². The number of halogens is 1. The van der Waals surface area contributed by atoms with Gasteiger partial charge in [0.1, 0.15) is 11.5 Å². The topological polar surface area (TPSA) is 88.9 Å². The lowest BCUT2D eigenvalue weighted by molar-refractivity contribution is -0.118. The molecule has 0 bridgehead atoms. The van der Waals surface area contributed by atoms with Crippen molar-refractivity contribution in [3.05, 3.63) is 99.9 Å². The maximum Gasteiger partial charge on any atom is 0.250 e. The number of aryl methyl sites for hydroxylation is 1. The molecule has 8 heteroatoms. The van der Waals surface area contributed by atoms with Gasteiger partial charge in [-0.25, -0.2) is 9.07 Å². The molecule has 1 aromatic heterocycles. The van der Waals surface area contributed by atoms with Crippen LogP contribution in [0.3, 0.4) is 0 Å². The highest BCUT2D eigenvalue weighted by atomic mass is 19.1. The van der Waals surface area contributed by atoms with Crippen molar-refractivity contribution in [3.8, 4) is 5.69 Å². The molecule has 37 heavy (non-hydrogen) atoms. The number of nitrogens with one attached hydrogen (secondary N) is 2. The van der Waals surface area contributed by atoms with E-state index >= 15 is 0 Å². The highest BCUT2D eigenvalue weighted by Crippen LogP contribution is 2.46. The summed E-state index contributed by atoms with van der Waals surface area (Å²) in [5.74, 6) is -1.25. The average molecular weight is 500 g/mol. The van der Waals surface area contributed by atoms with Gasteiger partial charge in [-0.1, -0.05) is 48.9 Å². The zero-order valence-electron chi connectivity index (χ0n) is 21.4. The third kappa shape index (κ3) is 4.96. The summed E-state index contributed by atoms with van der Waals surface area (Å²) in [7, 11) is 0. The predicted octanol–water partition coefficient (Wildman–Crippen LogP) is 4.64. The number of hydrogen-bond acceptors (Lipinski definition) is 5. The number of dihydropyridines is 1. The molecule has 2 N–H and O–H groups in total. The Kier molecular flexibility index (Phi) is 6.27. The quantitative estimate of drug-likeness (QED) is 0.534. The second-order valence-electron chi connectivity index (χ2n) is 10.7. The van der Waals surface area contributed by atoms with Crippen LogP contribution in [0, 0.1) is 18.2 Å². The first-order valence-corrected chi connectivity index (χ1v) is 12.4. The number of carbonyl (C=O) groups is 2. The van der Waals surface area contributed by atoms with Gasteiger partial charge >= 0.3 is 0 Å². The monoisotopic (exact) mass is 499 g/mol. The Bertz CT molecular complexity index is 1430. The van der Waals surface area contributed by atoms with Crippen molar-refractivity contribution < 1.29 is 14.0 Å². The molecule has 2 aliphatic rings. The number of hydrogen-bond donors (Lipinski definition) is 2. The fourth-order valence-electron chi connectivity index (χ4n) is 5.19. The number of nitrogens with zero attached hydrogens (tertiary/aromatic N) is 3. The maximum absolute atomic E-state index is 13.8. The van der Waals surface area contributed by atoms with Crippen molar-refractivity contribution in [2.45, 2.75) is 53.0 Å². The molecule has 1 unspecified atom stereocenters. The Morgan fingerprint density at radius 1 is 1.11 bits per heavy atom. The van der Waals surface area contributed by atoms with E-state index < -0.39 is 5.92 Å². The Labute approximate surface area is 215 Å². The molecule has 0 spiro atoms. The first-order valence-electron chi connectivity index (χ1n) is 12.4. The van der Waals surface area contributed by atoms with Crippen LogP contribution in [0.5, 0.6) is 0 Å². The number of benzene rings is 2. The van der Waals surface area contributed by atoms with Crippen LogP contribution >= 0.6 is 0 Å². The minimum Gasteiger partial charge on any atom is -0.362 e. The van der Waals surface area contributed by atoms with Crippen molar-refractivity contribution in [2.75, 3.05) is 0 Å². The van der Waals surface area contributed by atoms with E-state index in [1.54, 1.807) is 23.0 Å². The van der Waals surface area contributed by atoms with Crippen LogP contribution in [0.15, 0.2) is 77.3 Å². The van der Waals surface area contributed by atoms with Crippen LogP contribution in [0.4, 0.5) is 4.39 Å². The van der Waals surface area contributed by atoms with Crippen LogP contribution in [0.25, 0.3) is 5.69 Å². The molecule has 1 aliphatic carbocycles. The molecule has 2 heterocycles. The fourth-order valence-corrected chi connectivity index (χ4v) is 5.19. The molecule has 0 fully saturated rings. The zero-order valence-corrected chi connectivity index (χ0v) is 21.4. The highest BCUT2D eigenvalue weighted by Gasteiger charge is 2.42. The lowest BCUT2D eigenvalue weighted by Gasteiger charge is -2.39. The summed E-state index contributed by atoms with van der Waals surface area (Å²) in [4.78, 5) is 26.9. The van der Waals surface area contributed by atoms with Gasteiger partial charge in [0.15, 0.2) is 5.78 Å². The van der Waals surface area contributed by atoms with Crippen LogP contribution in [0.2, 0.25) is 0 Å². The van der Waals surface area contributed by atoms with Crippen molar-refractivity contribution in [3.63, 3.8) is 0 Å². The van der Waals surface area contributed by atoms with Crippen molar-refractivity contribution >= 4 is 11.7 Å². The van der Waals surface area contributed by atoms with Crippen molar-refractivity contribution in [2.24, 2.45) is 5.41 Å². The van der Waals surface area contributed by atoms with Crippen LogP contribution < -0.4 is 10.6 Å². The molecule has 0 saturated heterocycles. The van der Waals surface area contributed by atoms with E-state index in [0.29, 0.717) is 40.9 Å². The molecule has 0 radical (unpaired) electrons. The Morgan fingerprint density at radius 2 is 1.81 bits per heavy atom. The summed E-state index contributed by atoms with van der Waals surface area (Å²) >= 11 is 0. The third-order valence-electron chi connectivity index (χ3n) is 6.96. The molecule has 7 nitrogen and oxygen atoms in total. The van der Waals surface area contributed by atoms with Gasteiger partial charge in [-0.05, 0) is 55.5 Å². The summed E-state index contributed by atoms with van der Waals surface area (Å²) in [5.41, 5.74) is 5.71. The number of amides is 1. The number of aromatic nitrogens is 3. The smallest absolute Gasteiger partial charge is 0.250 e. The summed E-state index contributed by atoms with van der Waals surface area (Å²) in [6.45, 7) is 8.16. The molecule has 3 aromatic rings. The summed E-state index contributed by atoms with van der Waals surface area (Å²) < 4.78 is 15.4. The van der Waals surface area contributed by atoms with Gasteiger partial charge in [0, 0.05) is 34.9 Å². The normalized spacial score (nSPS) is 18.9. The number of ketones is 1. The van der Waals surface area contributed by atoms with E-state index in [1.165, 1.54) is 12.1 Å². The first kappa shape index (κ1) is 24.6. The zero-order chi connectivity index (χ0) is 26.3. The van der Waals surface area contributed by atoms with Crippen LogP contribution in [0.1, 0.15) is 56.4 Å². The molecule has 5 rings (SSSR count). The summed E-state index contributed by atoms with van der Waals surface area (Å²) in [6, 6.07) is 13.9. The lowest BCUT2D eigenvalue weighted by Crippen LogP contribution is -2.40. The molecule has 0 saturated carbocycles. The number of rotatable bonds is 5. The first-order chi connectivity index (χ1) is 17.6. The van der Waals surface area contributed by atoms with Gasteiger partial charge in [-0.3, -0.25) is 9.59 Å². The van der Waals surface area contributed by atoms with E-state index in [-0.39, 0.29) is 29.5 Å². The lowest BCUT2D eigenvalue weighted by atomic mass is 9.68. The van der Waals surface area contributed by atoms with Gasteiger partial charge in [0.2, 0.25) is 5.91 Å². The number of allylic oxidation sites excluding steroid dienone is 3. The standard InChI is InChI=1S/C29H30FN5O2/c1-17-5-11-22(12-6-17)35-16-21(33-34-35)15-31-28(37)25-18(2)32-23-13-29(3,4)14-24(36)27(23)26(25)19-7-9-20(30)10-8-19/h5-12,16,26,32H,13-15H2,1-4H3,(H,31,37). The van der Waals surface area contributed by atoms with Gasteiger partial charge < -0.3 is 10.6 Å². The van der Waals surface area contributed by atoms with Crippen molar-refractivity contribution in [1.29, 1.82) is 0 Å². The highest BCUT2D eigenvalue weighted by molar-refractivity contribution is 6.05. The van der Waals surface area contributed by atoms with E-state index in [9.17, 15) is 14.0 Å². The maximum atomic E-state index is 13.8. The Morgan fingerprint density at radius 3 is 2.51 bits per heavy atom. The minimum absolute atomic E-state index is 0.00640. The minimum atomic E-state index is -0.580. The third-order valence-corrected chi connectivity index (χ3v) is 6.96. The van der Waals surface area contributed by atoms with E-state index in [4.69, 9.17) is 0 Å². The van der Waals surface area contributed by atoms with E-state index in [2.05, 4.69) is 34.8 Å². The second kappa shape index (κ2) is 9.42. The fraction of sp³-hybridized carbons (Fsp3) is 0.310. The predicted molar refractivity (Wildman–Crippen MR) is 138 cm³/mol. The Hall–Kier alpha value is -4.07. The average Bonchev–Trinajstić information content (AvgIpc) is 3.31. The SMILES string of the molecule is CC1=C(C(=O)NCc2cn(-c3ccc(C)cc3)nn2)C(c2ccc(F)cc2)C2=C(CC(C)(C)CC2=O)N1. The molecule has 2 aromatic carbocycles. The van der Waals surface area contributed by atoms with Gasteiger partial charge in [-0.2, -0.15) is 0 Å². The molecular formula is C29H30FN5O2. The van der Waals surface area contributed by atoms with Crippen LogP contribution in [-0.2, 0) is 16.1 Å². The summed E-state index contributed by atoms with van der Waals surface area (Å²) in [6.07, 6.45) is 2.86. The molecular weight excluding hydrogens is 469 g/mol. The Balaban J connectivity index is 1.42. The number of Topliss-reactive ketones (excluding diaryl/α,β-unsaturated/α-hetero) is 1. The molecule has 1 amide bonds. The number of carbonyl (C=O) groups excluding carboxylic acids is 2.